The maximum absolute atomic E-state index is 10.1. The SMILES string of the molecule is CCCCCCCCCCCCC(CCCCCCCCC)Oc1cccc(O)c1O. The summed E-state index contributed by atoms with van der Waals surface area (Å²) in [6.07, 6.45) is 24.6. The second-order valence-electron chi connectivity index (χ2n) is 9.24. The van der Waals surface area contributed by atoms with Crippen LogP contribution in [-0.4, -0.2) is 16.3 Å². The fourth-order valence-corrected chi connectivity index (χ4v) is 4.24. The van der Waals surface area contributed by atoms with Gasteiger partial charge in [0.05, 0.1) is 6.10 Å². The van der Waals surface area contributed by atoms with E-state index in [9.17, 15) is 10.2 Å². The van der Waals surface area contributed by atoms with Crippen molar-refractivity contribution in [1.82, 2.24) is 0 Å². The largest absolute Gasteiger partial charge is 0.504 e. The molecule has 0 aliphatic rings. The fraction of sp³-hybridized carbons (Fsp3) is 0.786. The van der Waals surface area contributed by atoms with Gasteiger partial charge in [-0.05, 0) is 37.8 Å². The monoisotopic (exact) mass is 434 g/mol. The van der Waals surface area contributed by atoms with Crippen molar-refractivity contribution < 1.29 is 14.9 Å². The summed E-state index contributed by atoms with van der Waals surface area (Å²) in [7, 11) is 0. The molecule has 3 heteroatoms. The van der Waals surface area contributed by atoms with Crippen LogP contribution < -0.4 is 4.74 Å². The predicted molar refractivity (Wildman–Crippen MR) is 133 cm³/mol. The van der Waals surface area contributed by atoms with Gasteiger partial charge in [0.25, 0.3) is 0 Å². The molecule has 180 valence electrons. The van der Waals surface area contributed by atoms with E-state index in [4.69, 9.17) is 4.74 Å². The molecule has 0 fully saturated rings. The molecule has 3 nitrogen and oxygen atoms in total. The van der Waals surface area contributed by atoms with Gasteiger partial charge in [-0.25, -0.2) is 0 Å². The van der Waals surface area contributed by atoms with Crippen LogP contribution in [0, 0.1) is 0 Å². The Kier molecular flexibility index (Phi) is 17.2. The number of rotatable bonds is 21. The van der Waals surface area contributed by atoms with Crippen LogP contribution in [-0.2, 0) is 0 Å². The first-order valence-corrected chi connectivity index (χ1v) is 13.4. The highest BCUT2D eigenvalue weighted by Crippen LogP contribution is 2.36. The van der Waals surface area contributed by atoms with Crippen molar-refractivity contribution in [2.45, 2.75) is 142 Å². The molecule has 0 saturated carbocycles. The minimum atomic E-state index is -0.130. The molecule has 31 heavy (non-hydrogen) atoms. The van der Waals surface area contributed by atoms with Gasteiger partial charge in [-0.15, -0.1) is 0 Å². The Hall–Kier alpha value is -1.38. The van der Waals surface area contributed by atoms with E-state index in [0.29, 0.717) is 5.75 Å². The summed E-state index contributed by atoms with van der Waals surface area (Å²) in [6.45, 7) is 4.53. The molecule has 0 heterocycles. The van der Waals surface area contributed by atoms with Crippen LogP contribution in [0.5, 0.6) is 17.2 Å². The number of phenolic OH excluding ortho intramolecular Hbond substituents is 2. The molecule has 0 bridgehead atoms. The van der Waals surface area contributed by atoms with Crippen LogP contribution in [0.2, 0.25) is 0 Å². The van der Waals surface area contributed by atoms with Gasteiger partial charge >= 0.3 is 0 Å². The molecule has 1 aromatic rings. The molecule has 0 aromatic heterocycles. The van der Waals surface area contributed by atoms with Crippen LogP contribution in [0.15, 0.2) is 18.2 Å². The maximum atomic E-state index is 10.1. The number of ether oxygens (including phenoxy) is 1. The molecular formula is C28H50O3. The second kappa shape index (κ2) is 19.3. The molecule has 2 N–H and O–H groups in total. The van der Waals surface area contributed by atoms with Gasteiger partial charge < -0.3 is 14.9 Å². The zero-order valence-electron chi connectivity index (χ0n) is 20.5. The first-order valence-electron chi connectivity index (χ1n) is 13.4. The predicted octanol–water partition coefficient (Wildman–Crippen LogP) is 9.30. The highest BCUT2D eigenvalue weighted by Gasteiger charge is 2.14. The van der Waals surface area contributed by atoms with Gasteiger partial charge in [-0.3, -0.25) is 0 Å². The average Bonchev–Trinajstić information content (AvgIpc) is 2.77. The lowest BCUT2D eigenvalue weighted by Crippen LogP contribution is -2.16. The molecule has 0 amide bonds. The van der Waals surface area contributed by atoms with Gasteiger partial charge in [0.2, 0.25) is 5.75 Å². The molecule has 1 rings (SSSR count). The Morgan fingerprint density at radius 3 is 1.48 bits per heavy atom. The lowest BCUT2D eigenvalue weighted by atomic mass is 10.0. The smallest absolute Gasteiger partial charge is 0.200 e. The molecule has 0 radical (unpaired) electrons. The van der Waals surface area contributed by atoms with E-state index in [1.165, 1.54) is 115 Å². The molecule has 0 aliphatic carbocycles. The van der Waals surface area contributed by atoms with E-state index in [-0.39, 0.29) is 17.6 Å². The van der Waals surface area contributed by atoms with Crippen molar-refractivity contribution in [2.75, 3.05) is 0 Å². The zero-order valence-corrected chi connectivity index (χ0v) is 20.5. The summed E-state index contributed by atoms with van der Waals surface area (Å²) in [5, 5.41) is 19.9. The van der Waals surface area contributed by atoms with E-state index in [0.717, 1.165) is 12.8 Å². The first-order chi connectivity index (χ1) is 15.2. The van der Waals surface area contributed by atoms with Gasteiger partial charge in [0.15, 0.2) is 11.5 Å². The first kappa shape index (κ1) is 27.7. The standard InChI is InChI=1S/C28H50O3/c1-3-5-7-9-11-12-13-15-17-19-22-25(21-18-16-14-10-8-6-4-2)31-27-24-20-23-26(29)28(27)30/h20,23-25,29-30H,3-19,21-22H2,1-2H3. The summed E-state index contributed by atoms with van der Waals surface area (Å²) in [5.41, 5.74) is 0. The van der Waals surface area contributed by atoms with Crippen LogP contribution in [0.1, 0.15) is 136 Å². The minimum Gasteiger partial charge on any atom is -0.504 e. The Balaban J connectivity index is 2.29. The van der Waals surface area contributed by atoms with Crippen molar-refractivity contribution in [2.24, 2.45) is 0 Å². The number of para-hydroxylation sites is 1. The van der Waals surface area contributed by atoms with Crippen LogP contribution >= 0.6 is 0 Å². The summed E-state index contributed by atoms with van der Waals surface area (Å²) < 4.78 is 6.14. The molecule has 0 aliphatic heterocycles. The van der Waals surface area contributed by atoms with Gasteiger partial charge in [-0.2, -0.15) is 0 Å². The van der Waals surface area contributed by atoms with Gasteiger partial charge in [0.1, 0.15) is 0 Å². The van der Waals surface area contributed by atoms with E-state index >= 15 is 0 Å². The molecule has 0 spiro atoms. The quantitative estimate of drug-likeness (QED) is 0.150. The lowest BCUT2D eigenvalue weighted by molar-refractivity contribution is 0.165. The molecule has 1 aromatic carbocycles. The Bertz CT molecular complexity index is 529. The van der Waals surface area contributed by atoms with Crippen molar-refractivity contribution in [3.8, 4) is 17.2 Å². The number of hydrogen-bond donors (Lipinski definition) is 2. The normalized spacial score (nSPS) is 12.2. The number of phenols is 2. The summed E-state index contributed by atoms with van der Waals surface area (Å²) in [5.74, 6) is 0.182. The van der Waals surface area contributed by atoms with Crippen molar-refractivity contribution >= 4 is 0 Å². The highest BCUT2D eigenvalue weighted by atomic mass is 16.5. The zero-order chi connectivity index (χ0) is 22.6. The van der Waals surface area contributed by atoms with E-state index in [1.54, 1.807) is 12.1 Å². The molecular weight excluding hydrogens is 384 g/mol. The third-order valence-electron chi connectivity index (χ3n) is 6.28. The lowest BCUT2D eigenvalue weighted by Gasteiger charge is -2.20. The van der Waals surface area contributed by atoms with Crippen molar-refractivity contribution in [1.29, 1.82) is 0 Å². The third kappa shape index (κ3) is 14.3. The molecule has 1 atom stereocenters. The summed E-state index contributed by atoms with van der Waals surface area (Å²) in [4.78, 5) is 0. The number of aromatic hydroxyl groups is 2. The highest BCUT2D eigenvalue weighted by molar-refractivity contribution is 5.48. The van der Waals surface area contributed by atoms with E-state index in [1.807, 2.05) is 0 Å². The van der Waals surface area contributed by atoms with Crippen molar-refractivity contribution in [3.05, 3.63) is 18.2 Å². The second-order valence-corrected chi connectivity index (χ2v) is 9.24. The molecule has 1 unspecified atom stereocenters. The summed E-state index contributed by atoms with van der Waals surface area (Å²) >= 11 is 0. The van der Waals surface area contributed by atoms with Crippen molar-refractivity contribution in [3.63, 3.8) is 0 Å². The number of unbranched alkanes of at least 4 members (excludes halogenated alkanes) is 15. The Morgan fingerprint density at radius 1 is 0.613 bits per heavy atom. The van der Waals surface area contributed by atoms with E-state index < -0.39 is 0 Å². The third-order valence-corrected chi connectivity index (χ3v) is 6.28. The maximum Gasteiger partial charge on any atom is 0.200 e. The molecule has 0 saturated heterocycles. The Labute approximate surface area is 192 Å². The number of benzene rings is 1. The fourth-order valence-electron chi connectivity index (χ4n) is 4.24. The van der Waals surface area contributed by atoms with Crippen LogP contribution in [0.4, 0.5) is 0 Å². The number of hydrogen-bond acceptors (Lipinski definition) is 3. The van der Waals surface area contributed by atoms with Gasteiger partial charge in [0, 0.05) is 0 Å². The van der Waals surface area contributed by atoms with Crippen LogP contribution in [0.25, 0.3) is 0 Å². The van der Waals surface area contributed by atoms with E-state index in [2.05, 4.69) is 13.8 Å². The van der Waals surface area contributed by atoms with Gasteiger partial charge in [-0.1, -0.05) is 116 Å². The topological polar surface area (TPSA) is 49.7 Å². The Morgan fingerprint density at radius 2 is 1.03 bits per heavy atom. The minimum absolute atomic E-state index is 0.105. The summed E-state index contributed by atoms with van der Waals surface area (Å²) in [6, 6.07) is 4.98. The average molecular weight is 435 g/mol. The van der Waals surface area contributed by atoms with Crippen LogP contribution in [0.3, 0.4) is 0 Å².